The Morgan fingerprint density at radius 1 is 1.43 bits per heavy atom. The van der Waals surface area contributed by atoms with Crippen molar-refractivity contribution in [1.29, 1.82) is 0 Å². The van der Waals surface area contributed by atoms with Gasteiger partial charge in [0.25, 0.3) is 0 Å². The van der Waals surface area contributed by atoms with Crippen molar-refractivity contribution in [2.24, 2.45) is 11.5 Å². The molecule has 1 amide bonds. The van der Waals surface area contributed by atoms with Crippen LogP contribution in [0.3, 0.4) is 0 Å². The maximum absolute atomic E-state index is 9.47. The third kappa shape index (κ3) is 2.87. The lowest BCUT2D eigenvalue weighted by atomic mass is 10.3. The molecule has 2 aromatic rings. The zero-order chi connectivity index (χ0) is 10.4. The van der Waals surface area contributed by atoms with Crippen LogP contribution in [0.5, 0.6) is 0 Å². The molecule has 0 aliphatic carbocycles. The molecule has 0 atom stereocenters. The molecule has 0 saturated carbocycles. The van der Waals surface area contributed by atoms with Crippen LogP contribution in [0.2, 0.25) is 0 Å². The fourth-order valence-electron chi connectivity index (χ4n) is 0.880. The quantitative estimate of drug-likeness (QED) is 0.592. The number of aromatic amines is 1. The normalized spacial score (nSPS) is 9.21. The van der Waals surface area contributed by atoms with E-state index in [0.29, 0.717) is 0 Å². The van der Waals surface area contributed by atoms with E-state index >= 15 is 0 Å². The van der Waals surface area contributed by atoms with Gasteiger partial charge in [0.05, 0.1) is 23.9 Å². The Morgan fingerprint density at radius 2 is 2.07 bits per heavy atom. The Kier molecular flexibility index (Phi) is 3.63. The molecule has 0 unspecified atom stereocenters. The highest BCUT2D eigenvalue weighted by molar-refractivity contribution is 5.75. The van der Waals surface area contributed by atoms with Gasteiger partial charge in [-0.25, -0.2) is 4.98 Å². The van der Waals surface area contributed by atoms with Crippen LogP contribution in [0, 0.1) is 0 Å². The average molecular weight is 192 g/mol. The van der Waals surface area contributed by atoms with Gasteiger partial charge >= 0.3 is 0 Å². The van der Waals surface area contributed by atoms with Crippen molar-refractivity contribution in [3.05, 3.63) is 30.6 Å². The standard InChI is InChI=1S/C7H6N2.C2H6N2O/c1-2-4-7-6(3-1)8-5-9-7;3-1-2(4)5/h1-5H,(H,8,9);1,3H2,(H2,4,5). The van der Waals surface area contributed by atoms with Crippen LogP contribution in [0.25, 0.3) is 11.0 Å². The molecule has 1 aromatic carbocycles. The van der Waals surface area contributed by atoms with Crippen LogP contribution in [0.15, 0.2) is 30.6 Å². The Morgan fingerprint density at radius 3 is 2.64 bits per heavy atom. The summed E-state index contributed by atoms with van der Waals surface area (Å²) in [4.78, 5) is 16.5. The first-order valence-electron chi connectivity index (χ1n) is 4.10. The van der Waals surface area contributed by atoms with Crippen LogP contribution < -0.4 is 11.5 Å². The number of H-pyrrole nitrogens is 1. The number of benzene rings is 1. The summed E-state index contributed by atoms with van der Waals surface area (Å²) in [5.74, 6) is -0.468. The van der Waals surface area contributed by atoms with Gasteiger partial charge in [-0.2, -0.15) is 0 Å². The van der Waals surface area contributed by atoms with Gasteiger partial charge in [0.2, 0.25) is 5.91 Å². The molecule has 14 heavy (non-hydrogen) atoms. The van der Waals surface area contributed by atoms with E-state index in [1.54, 1.807) is 6.33 Å². The number of nitrogens with two attached hydrogens (primary N) is 2. The van der Waals surface area contributed by atoms with E-state index in [1.807, 2.05) is 24.3 Å². The first-order chi connectivity index (χ1) is 6.74. The van der Waals surface area contributed by atoms with E-state index in [2.05, 4.69) is 15.7 Å². The molecular weight excluding hydrogens is 180 g/mol. The van der Waals surface area contributed by atoms with Crippen molar-refractivity contribution in [2.45, 2.75) is 0 Å². The molecular formula is C9H12N4O. The van der Waals surface area contributed by atoms with E-state index in [9.17, 15) is 4.79 Å². The van der Waals surface area contributed by atoms with E-state index in [0.717, 1.165) is 11.0 Å². The number of nitrogens with one attached hydrogen (secondary N) is 1. The van der Waals surface area contributed by atoms with E-state index in [-0.39, 0.29) is 6.54 Å². The molecule has 0 radical (unpaired) electrons. The van der Waals surface area contributed by atoms with E-state index in [4.69, 9.17) is 5.73 Å². The van der Waals surface area contributed by atoms with Crippen molar-refractivity contribution in [3.63, 3.8) is 0 Å². The van der Waals surface area contributed by atoms with E-state index in [1.165, 1.54) is 0 Å². The molecule has 0 fully saturated rings. The van der Waals surface area contributed by atoms with Crippen LogP contribution in [-0.4, -0.2) is 22.4 Å². The van der Waals surface area contributed by atoms with Crippen LogP contribution >= 0.6 is 0 Å². The lowest BCUT2D eigenvalue weighted by Crippen LogP contribution is -2.21. The smallest absolute Gasteiger partial charge is 0.231 e. The van der Waals surface area contributed by atoms with Gasteiger partial charge in [-0.15, -0.1) is 0 Å². The summed E-state index contributed by atoms with van der Waals surface area (Å²) in [6.07, 6.45) is 1.70. The predicted molar refractivity (Wildman–Crippen MR) is 54.3 cm³/mol. The first-order valence-corrected chi connectivity index (χ1v) is 4.10. The number of rotatable bonds is 1. The molecule has 5 heteroatoms. The number of primary amides is 1. The number of carbonyl (C=O) groups excluding carboxylic acids is 1. The summed E-state index contributed by atoms with van der Waals surface area (Å²) in [5.41, 5.74) is 11.3. The first kappa shape index (κ1) is 10.2. The molecule has 74 valence electrons. The minimum absolute atomic E-state index is 0.0556. The maximum Gasteiger partial charge on any atom is 0.231 e. The zero-order valence-electron chi connectivity index (χ0n) is 7.60. The van der Waals surface area contributed by atoms with Crippen LogP contribution in [0.1, 0.15) is 0 Å². The number of fused-ring (bicyclic) bond motifs is 1. The average Bonchev–Trinajstić information content (AvgIpc) is 2.66. The number of imidazole rings is 1. The van der Waals surface area contributed by atoms with Gasteiger partial charge in [0.1, 0.15) is 0 Å². The summed E-state index contributed by atoms with van der Waals surface area (Å²) >= 11 is 0. The fraction of sp³-hybridized carbons (Fsp3) is 0.111. The molecule has 0 aliphatic heterocycles. The van der Waals surface area contributed by atoms with Gasteiger partial charge in [0.15, 0.2) is 0 Å². The van der Waals surface area contributed by atoms with Crippen molar-refractivity contribution in [1.82, 2.24) is 9.97 Å². The third-order valence-corrected chi connectivity index (χ3v) is 1.53. The van der Waals surface area contributed by atoms with E-state index < -0.39 is 5.91 Å². The predicted octanol–water partition coefficient (Wildman–Crippen LogP) is -0.00670. The molecule has 2 rings (SSSR count). The number of aromatic nitrogens is 2. The lowest BCUT2D eigenvalue weighted by Gasteiger charge is -1.81. The Bertz CT molecular complexity index is 380. The number of para-hydroxylation sites is 2. The van der Waals surface area contributed by atoms with Crippen molar-refractivity contribution < 1.29 is 4.79 Å². The van der Waals surface area contributed by atoms with Crippen LogP contribution in [-0.2, 0) is 4.79 Å². The number of amides is 1. The second-order valence-electron chi connectivity index (χ2n) is 2.59. The largest absolute Gasteiger partial charge is 0.369 e. The Balaban J connectivity index is 0.000000171. The monoisotopic (exact) mass is 192 g/mol. The van der Waals surface area contributed by atoms with Gasteiger partial charge in [-0.3, -0.25) is 4.79 Å². The van der Waals surface area contributed by atoms with Crippen molar-refractivity contribution in [2.75, 3.05) is 6.54 Å². The molecule has 5 N–H and O–H groups in total. The number of carbonyl (C=O) groups is 1. The zero-order valence-corrected chi connectivity index (χ0v) is 7.60. The van der Waals surface area contributed by atoms with Gasteiger partial charge in [-0.1, -0.05) is 12.1 Å². The minimum atomic E-state index is -0.468. The maximum atomic E-state index is 9.47. The SMILES string of the molecule is NCC(N)=O.c1ccc2[nH]cnc2c1. The Labute approximate surface area is 81.1 Å². The van der Waals surface area contributed by atoms with Gasteiger partial charge < -0.3 is 16.5 Å². The topological polar surface area (TPSA) is 97.8 Å². The second kappa shape index (κ2) is 4.98. The highest BCUT2D eigenvalue weighted by atomic mass is 16.1. The summed E-state index contributed by atoms with van der Waals surface area (Å²) in [7, 11) is 0. The number of hydrogen-bond acceptors (Lipinski definition) is 3. The van der Waals surface area contributed by atoms with Crippen molar-refractivity contribution >= 4 is 16.9 Å². The second-order valence-corrected chi connectivity index (χ2v) is 2.59. The van der Waals surface area contributed by atoms with Crippen molar-refractivity contribution in [3.8, 4) is 0 Å². The van der Waals surface area contributed by atoms with Crippen LogP contribution in [0.4, 0.5) is 0 Å². The molecule has 0 bridgehead atoms. The lowest BCUT2D eigenvalue weighted by molar-refractivity contribution is -0.116. The summed E-state index contributed by atoms with van der Waals surface area (Å²) in [6, 6.07) is 7.94. The summed E-state index contributed by atoms with van der Waals surface area (Å²) in [6.45, 7) is -0.0556. The third-order valence-electron chi connectivity index (χ3n) is 1.53. The number of nitrogens with zero attached hydrogens (tertiary/aromatic N) is 1. The highest BCUT2D eigenvalue weighted by Gasteiger charge is 1.88. The summed E-state index contributed by atoms with van der Waals surface area (Å²) < 4.78 is 0. The molecule has 1 heterocycles. The van der Waals surface area contributed by atoms with Gasteiger partial charge in [-0.05, 0) is 12.1 Å². The molecule has 1 aromatic heterocycles. The van der Waals surface area contributed by atoms with Gasteiger partial charge in [0, 0.05) is 0 Å². The minimum Gasteiger partial charge on any atom is -0.369 e. The molecule has 0 spiro atoms. The number of hydrogen-bond donors (Lipinski definition) is 3. The molecule has 0 aliphatic rings. The fourth-order valence-corrected chi connectivity index (χ4v) is 0.880. The molecule has 0 saturated heterocycles. The summed E-state index contributed by atoms with van der Waals surface area (Å²) in [5, 5.41) is 0. The molecule has 5 nitrogen and oxygen atoms in total. The Hall–Kier alpha value is -1.88. The highest BCUT2D eigenvalue weighted by Crippen LogP contribution is 2.05.